The van der Waals surface area contributed by atoms with Gasteiger partial charge in [-0.3, -0.25) is 9.88 Å². The lowest BCUT2D eigenvalue weighted by Gasteiger charge is -2.39. The van der Waals surface area contributed by atoms with Gasteiger partial charge in [0.1, 0.15) is 0 Å². The molecule has 1 saturated carbocycles. The molecule has 6 heteroatoms. The van der Waals surface area contributed by atoms with E-state index in [9.17, 15) is 0 Å². The molecule has 1 N–H and O–H groups in total. The minimum atomic E-state index is 0.287. The van der Waals surface area contributed by atoms with Gasteiger partial charge in [0.25, 0.3) is 0 Å². The molecule has 0 bridgehead atoms. The Morgan fingerprint density at radius 3 is 2.92 bits per heavy atom. The monoisotopic (exact) mass is 339 g/mol. The predicted octanol–water partition coefficient (Wildman–Crippen LogP) is 2.27. The minimum absolute atomic E-state index is 0.287. The predicted molar refractivity (Wildman–Crippen MR) is 96.2 cm³/mol. The van der Waals surface area contributed by atoms with Crippen LogP contribution in [0.25, 0.3) is 0 Å². The van der Waals surface area contributed by atoms with Gasteiger partial charge >= 0.3 is 0 Å². The molecule has 3 atom stereocenters. The summed E-state index contributed by atoms with van der Waals surface area (Å²) in [6.07, 6.45) is 6.17. The third kappa shape index (κ3) is 3.80. The van der Waals surface area contributed by atoms with E-state index in [1.807, 2.05) is 6.07 Å². The molecule has 2 aliphatic rings. The van der Waals surface area contributed by atoms with Crippen LogP contribution in [0.2, 0.25) is 0 Å². The molecule has 132 valence electrons. The summed E-state index contributed by atoms with van der Waals surface area (Å²) in [6, 6.07) is 8.58. The largest absolute Gasteiger partial charge is 0.375 e. The van der Waals surface area contributed by atoms with E-state index in [-0.39, 0.29) is 6.10 Å². The number of aryl methyl sites for hydroxylation is 1. The molecular formula is C19H25N5O. The van der Waals surface area contributed by atoms with Gasteiger partial charge in [0.05, 0.1) is 18.4 Å². The van der Waals surface area contributed by atoms with Crippen LogP contribution in [0.15, 0.2) is 36.7 Å². The lowest BCUT2D eigenvalue weighted by molar-refractivity contribution is -0.0748. The van der Waals surface area contributed by atoms with Crippen molar-refractivity contribution in [1.82, 2.24) is 19.9 Å². The quantitative estimate of drug-likeness (QED) is 0.902. The first-order valence-electron chi connectivity index (χ1n) is 9.09. The fraction of sp³-hybridized carbons (Fsp3) is 0.526. The van der Waals surface area contributed by atoms with E-state index in [2.05, 4.69) is 50.3 Å². The molecule has 1 aliphatic carbocycles. The minimum Gasteiger partial charge on any atom is -0.375 e. The van der Waals surface area contributed by atoms with Crippen molar-refractivity contribution in [3.63, 3.8) is 0 Å². The average molecular weight is 339 g/mol. The van der Waals surface area contributed by atoms with Gasteiger partial charge in [0.15, 0.2) is 0 Å². The maximum atomic E-state index is 6.15. The summed E-state index contributed by atoms with van der Waals surface area (Å²) in [5.74, 6) is 1.20. The molecule has 6 nitrogen and oxygen atoms in total. The van der Waals surface area contributed by atoms with E-state index in [0.717, 1.165) is 37.6 Å². The van der Waals surface area contributed by atoms with E-state index in [1.54, 1.807) is 12.4 Å². The zero-order chi connectivity index (χ0) is 17.1. The van der Waals surface area contributed by atoms with Crippen molar-refractivity contribution in [3.8, 4) is 0 Å². The summed E-state index contributed by atoms with van der Waals surface area (Å²) in [4.78, 5) is 15.7. The number of aromatic nitrogens is 3. The second kappa shape index (κ2) is 7.45. The smallest absolute Gasteiger partial charge is 0.222 e. The number of fused-ring (bicyclic) bond motifs is 1. The molecule has 0 unspecified atom stereocenters. The SMILES string of the molecule is Cc1cccc(CN2CCO[C@@H]3[C@@H](CNc4ncccn4)CC[C@H]32)n1. The van der Waals surface area contributed by atoms with E-state index >= 15 is 0 Å². The van der Waals surface area contributed by atoms with Crippen LogP contribution in [0.1, 0.15) is 24.2 Å². The van der Waals surface area contributed by atoms with Crippen LogP contribution < -0.4 is 5.32 Å². The molecule has 0 radical (unpaired) electrons. The molecule has 1 saturated heterocycles. The summed E-state index contributed by atoms with van der Waals surface area (Å²) in [5.41, 5.74) is 2.23. The zero-order valence-electron chi connectivity index (χ0n) is 14.6. The van der Waals surface area contributed by atoms with Crippen molar-refractivity contribution in [2.45, 2.75) is 38.5 Å². The van der Waals surface area contributed by atoms with Crippen LogP contribution in [0, 0.1) is 12.8 Å². The maximum absolute atomic E-state index is 6.15. The molecule has 0 amide bonds. The van der Waals surface area contributed by atoms with Crippen LogP contribution in [-0.4, -0.2) is 51.7 Å². The third-order valence-corrected chi connectivity index (χ3v) is 5.23. The number of rotatable bonds is 5. The second-order valence-electron chi connectivity index (χ2n) is 6.93. The molecule has 2 aromatic rings. The number of pyridine rings is 1. The molecule has 2 fully saturated rings. The normalized spacial score (nSPS) is 26.4. The van der Waals surface area contributed by atoms with E-state index in [4.69, 9.17) is 4.74 Å². The standard InChI is InChI=1S/C19H25N5O/c1-14-4-2-5-16(23-14)13-24-10-11-25-18-15(6-7-17(18)24)12-22-19-20-8-3-9-21-19/h2-5,8-9,15,17-18H,6-7,10-13H2,1H3,(H,20,21,22)/t15-,17-,18-/m1/s1. The number of nitrogens with zero attached hydrogens (tertiary/aromatic N) is 4. The third-order valence-electron chi connectivity index (χ3n) is 5.23. The van der Waals surface area contributed by atoms with Crippen molar-refractivity contribution in [2.24, 2.45) is 5.92 Å². The van der Waals surface area contributed by atoms with Crippen molar-refractivity contribution in [1.29, 1.82) is 0 Å². The van der Waals surface area contributed by atoms with Gasteiger partial charge in [-0.05, 0) is 38.0 Å². The number of nitrogens with one attached hydrogen (secondary N) is 1. The van der Waals surface area contributed by atoms with Gasteiger partial charge in [-0.25, -0.2) is 9.97 Å². The van der Waals surface area contributed by atoms with Crippen molar-refractivity contribution < 1.29 is 4.74 Å². The Labute approximate surface area is 148 Å². The molecule has 0 spiro atoms. The lowest BCUT2D eigenvalue weighted by Crippen LogP contribution is -2.50. The van der Waals surface area contributed by atoms with Crippen molar-refractivity contribution >= 4 is 5.95 Å². The number of hydrogen-bond donors (Lipinski definition) is 1. The summed E-state index contributed by atoms with van der Waals surface area (Å²) >= 11 is 0. The van der Waals surface area contributed by atoms with Crippen molar-refractivity contribution in [3.05, 3.63) is 48.0 Å². The average Bonchev–Trinajstić information content (AvgIpc) is 3.05. The van der Waals surface area contributed by atoms with Crippen LogP contribution in [-0.2, 0) is 11.3 Å². The summed E-state index contributed by atoms with van der Waals surface area (Å²) in [5, 5.41) is 3.36. The van der Waals surface area contributed by atoms with E-state index in [1.165, 1.54) is 12.8 Å². The number of anilines is 1. The number of hydrogen-bond acceptors (Lipinski definition) is 6. The summed E-state index contributed by atoms with van der Waals surface area (Å²) in [6.45, 7) is 5.61. The van der Waals surface area contributed by atoms with Crippen LogP contribution in [0.3, 0.4) is 0 Å². The Bertz CT molecular complexity index is 695. The van der Waals surface area contributed by atoms with E-state index in [0.29, 0.717) is 17.9 Å². The molecular weight excluding hydrogens is 314 g/mol. The Hall–Kier alpha value is -2.05. The Balaban J connectivity index is 1.38. The highest BCUT2D eigenvalue weighted by Gasteiger charge is 2.42. The highest BCUT2D eigenvalue weighted by molar-refractivity contribution is 5.22. The topological polar surface area (TPSA) is 63.2 Å². The molecule has 25 heavy (non-hydrogen) atoms. The molecule has 1 aliphatic heterocycles. The Morgan fingerprint density at radius 2 is 2.08 bits per heavy atom. The fourth-order valence-corrected chi connectivity index (χ4v) is 4.06. The lowest BCUT2D eigenvalue weighted by atomic mass is 10.0. The van der Waals surface area contributed by atoms with Gasteiger partial charge < -0.3 is 10.1 Å². The molecule has 3 heterocycles. The zero-order valence-corrected chi connectivity index (χ0v) is 14.6. The van der Waals surface area contributed by atoms with Crippen LogP contribution in [0.5, 0.6) is 0 Å². The van der Waals surface area contributed by atoms with Gasteiger partial charge in [0, 0.05) is 49.7 Å². The van der Waals surface area contributed by atoms with Gasteiger partial charge in [-0.15, -0.1) is 0 Å². The van der Waals surface area contributed by atoms with Gasteiger partial charge in [0.2, 0.25) is 5.95 Å². The van der Waals surface area contributed by atoms with Gasteiger partial charge in [-0.1, -0.05) is 6.07 Å². The van der Waals surface area contributed by atoms with Gasteiger partial charge in [-0.2, -0.15) is 0 Å². The summed E-state index contributed by atoms with van der Waals surface area (Å²) in [7, 11) is 0. The molecule has 0 aromatic carbocycles. The van der Waals surface area contributed by atoms with E-state index < -0.39 is 0 Å². The number of ether oxygens (including phenoxy) is 1. The summed E-state index contributed by atoms with van der Waals surface area (Å²) < 4.78 is 6.15. The molecule has 4 rings (SSSR count). The fourth-order valence-electron chi connectivity index (χ4n) is 4.06. The first-order chi connectivity index (χ1) is 12.3. The molecule has 2 aromatic heterocycles. The van der Waals surface area contributed by atoms with Crippen LogP contribution >= 0.6 is 0 Å². The first-order valence-corrected chi connectivity index (χ1v) is 9.09. The second-order valence-corrected chi connectivity index (χ2v) is 6.93. The highest BCUT2D eigenvalue weighted by atomic mass is 16.5. The van der Waals surface area contributed by atoms with Crippen LogP contribution in [0.4, 0.5) is 5.95 Å². The highest BCUT2D eigenvalue weighted by Crippen LogP contribution is 2.35. The Kier molecular flexibility index (Phi) is 4.90. The first kappa shape index (κ1) is 16.4. The van der Waals surface area contributed by atoms with Crippen molar-refractivity contribution in [2.75, 3.05) is 25.0 Å². The maximum Gasteiger partial charge on any atom is 0.222 e. The number of morpholine rings is 1. The Morgan fingerprint density at radius 1 is 1.20 bits per heavy atom.